The molecule has 1 unspecified atom stereocenters. The SMILES string of the molecule is CC/C=C\C/C=C\C/C=C\C/C=C\C/C=C\C/C=C\CCCCCCCCC(=O)OC(COC(=O)CCCCCCC)COC(=O)CCCCCCCCCCCCCCCCCCCCC/C=C\C/C=C\C/C=C\C/C=C\C/C=C\CC. The fraction of sp³-hybridized carbons (Fsp3) is 0.675. The van der Waals surface area contributed by atoms with Gasteiger partial charge >= 0.3 is 17.9 Å². The second kappa shape index (κ2) is 70.0. The molecule has 0 saturated heterocycles. The molecule has 0 saturated carbocycles. The van der Waals surface area contributed by atoms with Gasteiger partial charge in [0, 0.05) is 19.3 Å². The molecule has 6 heteroatoms. The quantitative estimate of drug-likeness (QED) is 0.0261. The largest absolute Gasteiger partial charge is 0.462 e. The first-order valence-corrected chi connectivity index (χ1v) is 34.7. The summed E-state index contributed by atoms with van der Waals surface area (Å²) in [7, 11) is 0. The lowest BCUT2D eigenvalue weighted by atomic mass is 10.0. The summed E-state index contributed by atoms with van der Waals surface area (Å²) in [4.78, 5) is 38.0. The zero-order valence-corrected chi connectivity index (χ0v) is 54.2. The highest BCUT2D eigenvalue weighted by Crippen LogP contribution is 2.17. The summed E-state index contributed by atoms with van der Waals surface area (Å²) in [6.07, 6.45) is 99.6. The number of unbranched alkanes of at least 4 members (excludes halogenated alkanes) is 29. The molecule has 0 amide bonds. The summed E-state index contributed by atoms with van der Waals surface area (Å²) in [5, 5.41) is 0. The molecule has 0 aliphatic rings. The van der Waals surface area contributed by atoms with Crippen LogP contribution < -0.4 is 0 Å². The van der Waals surface area contributed by atoms with Gasteiger partial charge in [-0.05, 0) is 116 Å². The van der Waals surface area contributed by atoms with Crippen molar-refractivity contribution in [3.63, 3.8) is 0 Å². The summed E-state index contributed by atoms with van der Waals surface area (Å²) in [6.45, 7) is 6.33. The summed E-state index contributed by atoms with van der Waals surface area (Å²) in [6, 6.07) is 0. The van der Waals surface area contributed by atoms with Crippen LogP contribution in [0.2, 0.25) is 0 Å². The first-order chi connectivity index (χ1) is 41.0. The summed E-state index contributed by atoms with van der Waals surface area (Å²) in [5.41, 5.74) is 0. The number of carbonyl (C=O) groups is 3. The third-order valence-electron chi connectivity index (χ3n) is 14.7. The Morgan fingerprint density at radius 2 is 0.470 bits per heavy atom. The highest BCUT2D eigenvalue weighted by molar-refractivity contribution is 5.71. The van der Waals surface area contributed by atoms with Crippen LogP contribution in [0.25, 0.3) is 0 Å². The third kappa shape index (κ3) is 68.2. The van der Waals surface area contributed by atoms with E-state index in [4.69, 9.17) is 14.2 Å². The predicted molar refractivity (Wildman–Crippen MR) is 362 cm³/mol. The molecular weight excluding hydrogens is 1020 g/mol. The molecule has 0 rings (SSSR count). The summed E-state index contributed by atoms with van der Waals surface area (Å²) < 4.78 is 16.8. The van der Waals surface area contributed by atoms with Crippen LogP contribution >= 0.6 is 0 Å². The molecule has 472 valence electrons. The van der Waals surface area contributed by atoms with Crippen LogP contribution in [-0.2, 0) is 28.6 Å². The monoisotopic (exact) mass is 1150 g/mol. The minimum absolute atomic E-state index is 0.0839. The van der Waals surface area contributed by atoms with Crippen molar-refractivity contribution in [2.24, 2.45) is 0 Å². The van der Waals surface area contributed by atoms with E-state index in [1.807, 2.05) is 0 Å². The molecule has 0 heterocycles. The molecule has 0 fully saturated rings. The number of esters is 3. The zero-order chi connectivity index (χ0) is 59.9. The molecule has 0 bridgehead atoms. The minimum Gasteiger partial charge on any atom is -0.462 e. The Hall–Kier alpha value is -4.45. The summed E-state index contributed by atoms with van der Waals surface area (Å²) in [5.74, 6) is -0.906. The Morgan fingerprint density at radius 1 is 0.253 bits per heavy atom. The maximum Gasteiger partial charge on any atom is 0.306 e. The lowest BCUT2D eigenvalue weighted by molar-refractivity contribution is -0.167. The number of hydrogen-bond acceptors (Lipinski definition) is 6. The average molecular weight is 1150 g/mol. The molecule has 0 aliphatic heterocycles. The van der Waals surface area contributed by atoms with Crippen LogP contribution in [-0.4, -0.2) is 37.2 Å². The van der Waals surface area contributed by atoms with E-state index in [2.05, 4.69) is 154 Å². The maximum absolute atomic E-state index is 12.8. The van der Waals surface area contributed by atoms with E-state index in [1.165, 1.54) is 128 Å². The number of rotatable bonds is 62. The maximum atomic E-state index is 12.8. The van der Waals surface area contributed by atoms with E-state index in [0.717, 1.165) is 148 Å². The smallest absolute Gasteiger partial charge is 0.306 e. The van der Waals surface area contributed by atoms with Crippen molar-refractivity contribution in [3.05, 3.63) is 134 Å². The van der Waals surface area contributed by atoms with Crippen molar-refractivity contribution in [2.75, 3.05) is 13.2 Å². The first-order valence-electron chi connectivity index (χ1n) is 34.7. The Labute approximate surface area is 513 Å². The van der Waals surface area contributed by atoms with Crippen molar-refractivity contribution in [1.82, 2.24) is 0 Å². The normalized spacial score (nSPS) is 13.0. The van der Waals surface area contributed by atoms with Gasteiger partial charge in [0.15, 0.2) is 6.10 Å². The number of hydrogen-bond donors (Lipinski definition) is 0. The molecule has 0 radical (unpaired) electrons. The molecule has 0 aliphatic carbocycles. The van der Waals surface area contributed by atoms with Crippen molar-refractivity contribution in [1.29, 1.82) is 0 Å². The van der Waals surface area contributed by atoms with E-state index >= 15 is 0 Å². The van der Waals surface area contributed by atoms with Crippen molar-refractivity contribution in [3.8, 4) is 0 Å². The summed E-state index contributed by atoms with van der Waals surface area (Å²) >= 11 is 0. The lowest BCUT2D eigenvalue weighted by Gasteiger charge is -2.18. The number of allylic oxidation sites excluding steroid dienone is 22. The van der Waals surface area contributed by atoms with Crippen LogP contribution in [0.5, 0.6) is 0 Å². The van der Waals surface area contributed by atoms with Crippen LogP contribution in [0.1, 0.15) is 316 Å². The van der Waals surface area contributed by atoms with Gasteiger partial charge in [-0.2, -0.15) is 0 Å². The lowest BCUT2D eigenvalue weighted by Crippen LogP contribution is -2.30. The van der Waals surface area contributed by atoms with Gasteiger partial charge < -0.3 is 14.2 Å². The van der Waals surface area contributed by atoms with Gasteiger partial charge in [-0.15, -0.1) is 0 Å². The Bertz CT molecular complexity index is 1750. The molecule has 0 aromatic rings. The van der Waals surface area contributed by atoms with Crippen LogP contribution in [0.4, 0.5) is 0 Å². The minimum atomic E-state index is -0.785. The fourth-order valence-corrected chi connectivity index (χ4v) is 9.53. The van der Waals surface area contributed by atoms with Gasteiger partial charge in [0.2, 0.25) is 0 Å². The highest BCUT2D eigenvalue weighted by atomic mass is 16.6. The molecule has 6 nitrogen and oxygen atoms in total. The topological polar surface area (TPSA) is 78.9 Å². The molecule has 1 atom stereocenters. The van der Waals surface area contributed by atoms with E-state index in [-0.39, 0.29) is 31.1 Å². The molecule has 0 aromatic heterocycles. The Morgan fingerprint density at radius 3 is 0.735 bits per heavy atom. The number of ether oxygens (including phenoxy) is 3. The van der Waals surface area contributed by atoms with Crippen LogP contribution in [0.15, 0.2) is 134 Å². The fourth-order valence-electron chi connectivity index (χ4n) is 9.53. The predicted octanol–water partition coefficient (Wildman–Crippen LogP) is 24.1. The third-order valence-corrected chi connectivity index (χ3v) is 14.7. The van der Waals surface area contributed by atoms with Crippen LogP contribution in [0.3, 0.4) is 0 Å². The second-order valence-electron chi connectivity index (χ2n) is 22.7. The standard InChI is InChI=1S/C77H128O6/c1-4-7-10-13-15-17-19-21-23-25-27-29-31-33-34-35-36-37-38-39-40-41-42-44-45-47-49-51-53-55-57-59-61-64-67-70-76(79)82-73-74(72-81-75(78)69-66-63-12-9-6-3)83-77(80)71-68-65-62-60-58-56-54-52-50-48-46-43-32-30-28-26-24-22-20-18-16-14-11-8-5-2/h7-8,10-11,15-18,21-24,27-30,33-34,43,46,50,52,74H,4-6,9,12-14,19-20,25-26,31-32,35-42,44-45,47-49,51,53-73H2,1-3H3/b10-7-,11-8-,17-15-,18-16-,23-21-,24-22-,29-27-,30-28-,34-33-,46-43-,52-50-. The van der Waals surface area contributed by atoms with Crippen molar-refractivity contribution >= 4 is 17.9 Å². The number of carbonyl (C=O) groups excluding carboxylic acids is 3. The molecule has 83 heavy (non-hydrogen) atoms. The average Bonchev–Trinajstić information content (AvgIpc) is 3.49. The van der Waals surface area contributed by atoms with Gasteiger partial charge in [0.25, 0.3) is 0 Å². The van der Waals surface area contributed by atoms with Gasteiger partial charge in [-0.3, -0.25) is 14.4 Å². The highest BCUT2D eigenvalue weighted by Gasteiger charge is 2.19. The molecule has 0 N–H and O–H groups in total. The van der Waals surface area contributed by atoms with Gasteiger partial charge in [0.05, 0.1) is 0 Å². The van der Waals surface area contributed by atoms with E-state index in [1.54, 1.807) is 0 Å². The zero-order valence-electron chi connectivity index (χ0n) is 54.2. The van der Waals surface area contributed by atoms with Gasteiger partial charge in [0.1, 0.15) is 13.2 Å². The molecule has 0 aromatic carbocycles. The second-order valence-corrected chi connectivity index (χ2v) is 22.7. The van der Waals surface area contributed by atoms with E-state index in [9.17, 15) is 14.4 Å². The van der Waals surface area contributed by atoms with Gasteiger partial charge in [-0.25, -0.2) is 0 Å². The molecule has 0 spiro atoms. The van der Waals surface area contributed by atoms with Crippen molar-refractivity contribution < 1.29 is 28.6 Å². The Balaban J connectivity index is 3.99. The Kier molecular flexibility index (Phi) is 66.3. The van der Waals surface area contributed by atoms with E-state index in [0.29, 0.717) is 19.3 Å². The van der Waals surface area contributed by atoms with E-state index < -0.39 is 6.10 Å². The van der Waals surface area contributed by atoms with Crippen molar-refractivity contribution in [2.45, 2.75) is 322 Å². The van der Waals surface area contributed by atoms with Gasteiger partial charge in [-0.1, -0.05) is 315 Å². The first kappa shape index (κ1) is 78.5. The van der Waals surface area contributed by atoms with Crippen LogP contribution in [0, 0.1) is 0 Å². The molecular formula is C77H128O6.